The van der Waals surface area contributed by atoms with E-state index in [9.17, 15) is 9.59 Å². The van der Waals surface area contributed by atoms with E-state index in [1.54, 1.807) is 16.7 Å². The van der Waals surface area contributed by atoms with E-state index < -0.39 is 5.97 Å². The Morgan fingerprint density at radius 1 is 1.33 bits per heavy atom. The van der Waals surface area contributed by atoms with Crippen LogP contribution in [0.5, 0.6) is 0 Å². The van der Waals surface area contributed by atoms with Crippen molar-refractivity contribution in [1.29, 1.82) is 0 Å². The number of nitrogens with zero attached hydrogens (tertiary/aromatic N) is 1. The minimum Gasteiger partial charge on any atom is -0.478 e. The molecule has 0 amide bonds. The van der Waals surface area contributed by atoms with Gasteiger partial charge in [-0.05, 0) is 43.4 Å². The summed E-state index contributed by atoms with van der Waals surface area (Å²) in [5, 5.41) is 9.14. The Balaban J connectivity index is 1.86. The van der Waals surface area contributed by atoms with E-state index in [0.29, 0.717) is 23.6 Å². The number of imidazole rings is 1. The maximum Gasteiger partial charge on any atom is 0.335 e. The predicted molar refractivity (Wildman–Crippen MR) is 75.6 cm³/mol. The first-order valence-electron chi connectivity index (χ1n) is 7.24. The summed E-state index contributed by atoms with van der Waals surface area (Å²) in [5.41, 5.74) is 1.33. The molecule has 2 heterocycles. The summed E-state index contributed by atoms with van der Waals surface area (Å²) in [6, 6.07) is 4.73. The third kappa shape index (κ3) is 1.98. The number of aromatic amines is 1. The lowest BCUT2D eigenvalue weighted by atomic mass is 10.1. The minimum atomic E-state index is -0.987. The zero-order valence-corrected chi connectivity index (χ0v) is 11.4. The van der Waals surface area contributed by atoms with Gasteiger partial charge in [0.05, 0.1) is 28.7 Å². The Bertz CT molecular complexity index is 772. The fourth-order valence-electron chi connectivity index (χ4n) is 3.34. The first-order chi connectivity index (χ1) is 10.1. The zero-order valence-electron chi connectivity index (χ0n) is 11.4. The molecule has 2 aliphatic rings. The molecule has 1 aliphatic heterocycles. The SMILES string of the molecule is O=C(O)c1ccc2[nH]c(=O)n(C3CCOC3C3CC3)c2c1. The molecule has 2 N–H and O–H groups in total. The van der Waals surface area contributed by atoms with Crippen LogP contribution in [0.3, 0.4) is 0 Å². The second-order valence-corrected chi connectivity index (χ2v) is 5.87. The summed E-state index contributed by atoms with van der Waals surface area (Å²) >= 11 is 0. The second-order valence-electron chi connectivity index (χ2n) is 5.87. The zero-order chi connectivity index (χ0) is 14.6. The molecule has 2 aromatic rings. The van der Waals surface area contributed by atoms with Crippen molar-refractivity contribution in [3.63, 3.8) is 0 Å². The number of benzene rings is 1. The molecule has 2 unspecified atom stereocenters. The molecule has 0 bridgehead atoms. The van der Waals surface area contributed by atoms with Crippen molar-refractivity contribution in [3.05, 3.63) is 34.2 Å². The van der Waals surface area contributed by atoms with E-state index >= 15 is 0 Å². The van der Waals surface area contributed by atoms with Gasteiger partial charge < -0.3 is 14.8 Å². The van der Waals surface area contributed by atoms with Crippen LogP contribution >= 0.6 is 0 Å². The van der Waals surface area contributed by atoms with Gasteiger partial charge in [-0.2, -0.15) is 0 Å². The van der Waals surface area contributed by atoms with E-state index in [-0.39, 0.29) is 23.4 Å². The lowest BCUT2D eigenvalue weighted by Gasteiger charge is -2.19. The molecule has 6 heteroatoms. The molecule has 1 saturated heterocycles. The van der Waals surface area contributed by atoms with E-state index in [1.807, 2.05) is 0 Å². The second kappa shape index (κ2) is 4.46. The van der Waals surface area contributed by atoms with Gasteiger partial charge in [-0.1, -0.05) is 0 Å². The largest absolute Gasteiger partial charge is 0.478 e. The number of fused-ring (bicyclic) bond motifs is 1. The van der Waals surface area contributed by atoms with Crippen molar-refractivity contribution in [2.75, 3.05) is 6.61 Å². The maximum absolute atomic E-state index is 12.3. The molecule has 0 radical (unpaired) electrons. The van der Waals surface area contributed by atoms with Crippen LogP contribution in [-0.4, -0.2) is 33.3 Å². The molecule has 0 spiro atoms. The highest BCUT2D eigenvalue weighted by molar-refractivity contribution is 5.92. The van der Waals surface area contributed by atoms with Crippen molar-refractivity contribution >= 4 is 17.0 Å². The Morgan fingerprint density at radius 3 is 2.86 bits per heavy atom. The molecule has 1 aliphatic carbocycles. The van der Waals surface area contributed by atoms with E-state index in [0.717, 1.165) is 19.3 Å². The average molecular weight is 288 g/mol. The normalized spacial score (nSPS) is 25.5. The first kappa shape index (κ1) is 12.6. The summed E-state index contributed by atoms with van der Waals surface area (Å²) in [7, 11) is 0. The van der Waals surface area contributed by atoms with Gasteiger partial charge in [-0.25, -0.2) is 9.59 Å². The molecule has 21 heavy (non-hydrogen) atoms. The number of aromatic nitrogens is 2. The lowest BCUT2D eigenvalue weighted by molar-refractivity contribution is 0.0697. The number of nitrogens with one attached hydrogen (secondary N) is 1. The van der Waals surface area contributed by atoms with Crippen LogP contribution < -0.4 is 5.69 Å². The Kier molecular flexibility index (Phi) is 2.68. The van der Waals surface area contributed by atoms with Crippen LogP contribution in [0.15, 0.2) is 23.0 Å². The molecule has 2 atom stereocenters. The molecule has 1 saturated carbocycles. The average Bonchev–Trinajstić information content (AvgIpc) is 3.09. The lowest BCUT2D eigenvalue weighted by Crippen LogP contribution is -2.29. The van der Waals surface area contributed by atoms with Gasteiger partial charge in [0.1, 0.15) is 0 Å². The van der Waals surface area contributed by atoms with Crippen LogP contribution in [0, 0.1) is 5.92 Å². The maximum atomic E-state index is 12.3. The van der Waals surface area contributed by atoms with Gasteiger partial charge in [-0.3, -0.25) is 4.57 Å². The van der Waals surface area contributed by atoms with Crippen molar-refractivity contribution < 1.29 is 14.6 Å². The number of carbonyl (C=O) groups is 1. The van der Waals surface area contributed by atoms with Gasteiger partial charge in [0, 0.05) is 6.61 Å². The standard InChI is InChI=1S/C15H16N2O4/c18-14(19)9-3-4-10-12(7-9)17(15(20)16-10)11-5-6-21-13(11)8-1-2-8/h3-4,7-8,11,13H,1-2,5-6H2,(H,16,20)(H,18,19). The first-order valence-corrected chi connectivity index (χ1v) is 7.24. The van der Waals surface area contributed by atoms with Crippen LogP contribution in [0.25, 0.3) is 11.0 Å². The quantitative estimate of drug-likeness (QED) is 0.901. The number of carboxylic acid groups (broad SMARTS) is 1. The molecule has 1 aromatic carbocycles. The van der Waals surface area contributed by atoms with Crippen molar-refractivity contribution in [1.82, 2.24) is 9.55 Å². The fourth-order valence-corrected chi connectivity index (χ4v) is 3.34. The molecule has 2 fully saturated rings. The van der Waals surface area contributed by atoms with E-state index in [2.05, 4.69) is 4.98 Å². The summed E-state index contributed by atoms with van der Waals surface area (Å²) < 4.78 is 7.50. The number of aromatic carboxylic acids is 1. The van der Waals surface area contributed by atoms with Gasteiger partial charge in [0.15, 0.2) is 0 Å². The number of hydrogen-bond acceptors (Lipinski definition) is 3. The topological polar surface area (TPSA) is 84.3 Å². The molecule has 1 aromatic heterocycles. The summed E-state index contributed by atoms with van der Waals surface area (Å²) in [6.07, 6.45) is 3.18. The number of carboxylic acids is 1. The number of H-pyrrole nitrogens is 1. The Hall–Kier alpha value is -2.08. The molecular formula is C15H16N2O4. The highest BCUT2D eigenvalue weighted by Gasteiger charge is 2.42. The monoisotopic (exact) mass is 288 g/mol. The van der Waals surface area contributed by atoms with Crippen LogP contribution in [0.2, 0.25) is 0 Å². The van der Waals surface area contributed by atoms with Crippen LogP contribution in [0.1, 0.15) is 35.7 Å². The molecule has 6 nitrogen and oxygen atoms in total. The van der Waals surface area contributed by atoms with Crippen molar-refractivity contribution in [2.45, 2.75) is 31.4 Å². The minimum absolute atomic E-state index is 0.00259. The number of hydrogen-bond donors (Lipinski definition) is 2. The highest BCUT2D eigenvalue weighted by Crippen LogP contribution is 2.43. The number of rotatable bonds is 3. The van der Waals surface area contributed by atoms with Crippen LogP contribution in [0.4, 0.5) is 0 Å². The summed E-state index contributed by atoms with van der Waals surface area (Å²) in [5.74, 6) is -0.449. The number of ether oxygens (including phenoxy) is 1. The highest BCUT2D eigenvalue weighted by atomic mass is 16.5. The molecule has 110 valence electrons. The van der Waals surface area contributed by atoms with Crippen molar-refractivity contribution in [2.24, 2.45) is 5.92 Å². The predicted octanol–water partition coefficient (Wildman–Crippen LogP) is 1.77. The summed E-state index contributed by atoms with van der Waals surface area (Å²) in [6.45, 7) is 0.656. The van der Waals surface area contributed by atoms with Gasteiger partial charge in [0.25, 0.3) is 0 Å². The van der Waals surface area contributed by atoms with Gasteiger partial charge in [0.2, 0.25) is 0 Å². The Labute approximate surface area is 120 Å². The third-order valence-corrected chi connectivity index (χ3v) is 4.49. The Morgan fingerprint density at radius 2 is 2.14 bits per heavy atom. The van der Waals surface area contributed by atoms with E-state index in [4.69, 9.17) is 9.84 Å². The third-order valence-electron chi connectivity index (χ3n) is 4.49. The van der Waals surface area contributed by atoms with Gasteiger partial charge >= 0.3 is 11.7 Å². The van der Waals surface area contributed by atoms with Crippen molar-refractivity contribution in [3.8, 4) is 0 Å². The van der Waals surface area contributed by atoms with E-state index in [1.165, 1.54) is 6.07 Å². The van der Waals surface area contributed by atoms with Crippen LogP contribution in [-0.2, 0) is 4.74 Å². The summed E-state index contributed by atoms with van der Waals surface area (Å²) in [4.78, 5) is 26.3. The smallest absolute Gasteiger partial charge is 0.335 e. The van der Waals surface area contributed by atoms with Gasteiger partial charge in [-0.15, -0.1) is 0 Å². The molecule has 4 rings (SSSR count). The molecular weight excluding hydrogens is 272 g/mol. The fraction of sp³-hybridized carbons (Fsp3) is 0.467.